The van der Waals surface area contributed by atoms with Crippen LogP contribution in [0.25, 0.3) is 11.8 Å². The molecule has 0 spiro atoms. The van der Waals surface area contributed by atoms with Crippen molar-refractivity contribution in [2.45, 2.75) is 33.4 Å². The smallest absolute Gasteiger partial charge is 0.277 e. The number of rotatable bonds is 12. The summed E-state index contributed by atoms with van der Waals surface area (Å²) in [6.07, 6.45) is 13.8. The zero-order valence-corrected chi connectivity index (χ0v) is 25.5. The summed E-state index contributed by atoms with van der Waals surface area (Å²) >= 11 is 6.18. The van der Waals surface area contributed by atoms with Gasteiger partial charge >= 0.3 is 0 Å². The molecule has 1 aliphatic heterocycles. The largest absolute Gasteiger partial charge is 0.493 e. The molecule has 1 aromatic carbocycles. The summed E-state index contributed by atoms with van der Waals surface area (Å²) < 4.78 is 24.2. The second-order valence-corrected chi connectivity index (χ2v) is 9.52. The number of nitrogens with zero attached hydrogens (tertiary/aromatic N) is 4. The standard InChI is InChI=1S/C32H34ClN5O5/c1-6-21-16-22(33)12-13-26(21)38-20-29(42-8-3)31(37-38)32(39)36-30-11-9-10-25(19-35-30)43-24-14-15-34-23(17-24)18-28(41-5)27(7-2)40-4/h7,9-20,30H,6,8H2,1-5H3,(H,36,39)/b27-7+,28-18+. The van der Waals surface area contributed by atoms with Gasteiger partial charge in [0.05, 0.1) is 44.6 Å². The number of carbonyl (C=O) groups excluding carboxylic acids is 1. The first kappa shape index (κ1) is 31.1. The number of pyridine rings is 1. The van der Waals surface area contributed by atoms with Gasteiger partial charge in [-0.1, -0.05) is 24.6 Å². The van der Waals surface area contributed by atoms with Gasteiger partial charge in [0, 0.05) is 23.4 Å². The summed E-state index contributed by atoms with van der Waals surface area (Å²) in [6, 6.07) is 9.04. The van der Waals surface area contributed by atoms with E-state index in [0.29, 0.717) is 46.1 Å². The van der Waals surface area contributed by atoms with Gasteiger partial charge in [0.25, 0.3) is 5.91 Å². The fraction of sp³-hybridized carbons (Fsp3) is 0.250. The number of aromatic nitrogens is 3. The maximum Gasteiger partial charge on any atom is 0.277 e. The van der Waals surface area contributed by atoms with Crippen molar-refractivity contribution in [2.75, 3.05) is 20.8 Å². The van der Waals surface area contributed by atoms with E-state index in [1.165, 1.54) is 0 Å². The van der Waals surface area contributed by atoms with Crippen LogP contribution in [0.2, 0.25) is 5.02 Å². The Balaban J connectivity index is 1.47. The fourth-order valence-electron chi connectivity index (χ4n) is 4.24. The van der Waals surface area contributed by atoms with Crippen LogP contribution in [0.4, 0.5) is 0 Å². The van der Waals surface area contributed by atoms with Gasteiger partial charge in [0.1, 0.15) is 17.7 Å². The number of aliphatic imine (C=N–C) groups is 1. The van der Waals surface area contributed by atoms with Crippen molar-refractivity contribution in [1.82, 2.24) is 20.1 Å². The van der Waals surface area contributed by atoms with E-state index in [2.05, 4.69) is 20.4 Å². The second kappa shape index (κ2) is 14.9. The van der Waals surface area contributed by atoms with E-state index in [1.54, 1.807) is 86.1 Å². The van der Waals surface area contributed by atoms with Gasteiger partial charge in [-0.05, 0) is 68.3 Å². The number of carbonyl (C=O) groups is 1. The van der Waals surface area contributed by atoms with Crippen LogP contribution in [-0.2, 0) is 15.9 Å². The van der Waals surface area contributed by atoms with Gasteiger partial charge in [-0.15, -0.1) is 0 Å². The number of aryl methyl sites for hydroxylation is 1. The van der Waals surface area contributed by atoms with Gasteiger partial charge in [0.15, 0.2) is 23.0 Å². The van der Waals surface area contributed by atoms with Gasteiger partial charge < -0.3 is 24.3 Å². The number of hydrogen-bond acceptors (Lipinski definition) is 8. The van der Waals surface area contributed by atoms with Crippen LogP contribution in [0.3, 0.4) is 0 Å². The topological polar surface area (TPSA) is 109 Å². The van der Waals surface area contributed by atoms with Crippen LogP contribution in [0.15, 0.2) is 89.3 Å². The van der Waals surface area contributed by atoms with Crippen molar-refractivity contribution in [1.29, 1.82) is 0 Å². The Morgan fingerprint density at radius 2 is 1.95 bits per heavy atom. The molecule has 1 unspecified atom stereocenters. The minimum atomic E-state index is -0.653. The lowest BCUT2D eigenvalue weighted by Gasteiger charge is -2.11. The van der Waals surface area contributed by atoms with E-state index >= 15 is 0 Å². The molecule has 0 saturated heterocycles. The van der Waals surface area contributed by atoms with Crippen molar-refractivity contribution >= 4 is 29.8 Å². The molecule has 1 atom stereocenters. The molecule has 0 saturated carbocycles. The summed E-state index contributed by atoms with van der Waals surface area (Å²) in [6.45, 7) is 6.11. The molecule has 1 N–H and O–H groups in total. The minimum absolute atomic E-state index is 0.151. The highest BCUT2D eigenvalue weighted by Gasteiger charge is 2.22. The van der Waals surface area contributed by atoms with Crippen LogP contribution in [-0.4, -0.2) is 53.9 Å². The molecule has 0 radical (unpaired) electrons. The molecule has 2 aromatic heterocycles. The van der Waals surface area contributed by atoms with Crippen LogP contribution < -0.4 is 14.8 Å². The van der Waals surface area contributed by atoms with Crippen molar-refractivity contribution in [3.63, 3.8) is 0 Å². The quantitative estimate of drug-likeness (QED) is 0.197. The first-order valence-electron chi connectivity index (χ1n) is 13.7. The third-order valence-corrected chi connectivity index (χ3v) is 6.51. The van der Waals surface area contributed by atoms with E-state index in [4.69, 9.17) is 30.5 Å². The van der Waals surface area contributed by atoms with E-state index in [0.717, 1.165) is 17.7 Å². The molecule has 11 heteroatoms. The molecular formula is C32H34ClN5O5. The van der Waals surface area contributed by atoms with Crippen molar-refractivity contribution in [2.24, 2.45) is 4.99 Å². The highest BCUT2D eigenvalue weighted by molar-refractivity contribution is 6.30. The molecular weight excluding hydrogens is 570 g/mol. The van der Waals surface area contributed by atoms with Crippen LogP contribution in [0, 0.1) is 0 Å². The number of methoxy groups -OCH3 is 2. The number of amides is 1. The molecule has 0 fully saturated rings. The number of allylic oxidation sites excluding steroid dienone is 4. The van der Waals surface area contributed by atoms with Crippen LogP contribution in [0.1, 0.15) is 42.5 Å². The lowest BCUT2D eigenvalue weighted by atomic mass is 10.1. The van der Waals surface area contributed by atoms with Crippen LogP contribution in [0.5, 0.6) is 11.5 Å². The zero-order chi connectivity index (χ0) is 30.8. The lowest BCUT2D eigenvalue weighted by Crippen LogP contribution is -2.32. The minimum Gasteiger partial charge on any atom is -0.493 e. The first-order chi connectivity index (χ1) is 20.9. The summed E-state index contributed by atoms with van der Waals surface area (Å²) in [7, 11) is 3.14. The maximum absolute atomic E-state index is 13.3. The van der Waals surface area contributed by atoms with Crippen molar-refractivity contribution < 1.29 is 23.7 Å². The Kier molecular flexibility index (Phi) is 10.8. The van der Waals surface area contributed by atoms with Crippen molar-refractivity contribution in [3.8, 4) is 17.2 Å². The summed E-state index contributed by atoms with van der Waals surface area (Å²) in [5.41, 5.74) is 2.58. The van der Waals surface area contributed by atoms with Crippen LogP contribution >= 0.6 is 11.6 Å². The molecule has 10 nitrogen and oxygen atoms in total. The monoisotopic (exact) mass is 603 g/mol. The molecule has 3 aromatic rings. The molecule has 4 rings (SSSR count). The van der Waals surface area contributed by atoms with E-state index < -0.39 is 12.1 Å². The number of hydrogen-bond donors (Lipinski definition) is 1. The van der Waals surface area contributed by atoms with E-state index in [-0.39, 0.29) is 5.69 Å². The lowest BCUT2D eigenvalue weighted by molar-refractivity contribution is 0.0936. The third kappa shape index (κ3) is 7.92. The van der Waals surface area contributed by atoms with Gasteiger partial charge in [-0.25, -0.2) is 4.68 Å². The third-order valence-electron chi connectivity index (χ3n) is 6.27. The van der Waals surface area contributed by atoms with Gasteiger partial charge in [-0.3, -0.25) is 14.8 Å². The SMILES string of the molecule is C/C=C(OC)\C(=C/c1cc(OC2=CC=CC(NC(=O)c3nn(-c4ccc(Cl)cc4CC)cc3OCC)N=C2)ccn1)OC. The molecule has 1 aliphatic rings. The number of halogens is 1. The van der Waals surface area contributed by atoms with Crippen molar-refractivity contribution in [3.05, 3.63) is 106 Å². The number of ether oxygens (including phenoxy) is 4. The maximum atomic E-state index is 13.3. The molecule has 224 valence electrons. The number of benzene rings is 1. The van der Waals surface area contributed by atoms with E-state index in [9.17, 15) is 4.79 Å². The Morgan fingerprint density at radius 1 is 1.14 bits per heavy atom. The Labute approximate surface area is 256 Å². The second-order valence-electron chi connectivity index (χ2n) is 9.08. The highest BCUT2D eigenvalue weighted by Crippen LogP contribution is 2.25. The molecule has 1 amide bonds. The normalized spacial score (nSPS) is 15.0. The summed E-state index contributed by atoms with van der Waals surface area (Å²) in [5, 5.41) is 8.06. The molecule has 43 heavy (non-hydrogen) atoms. The first-order valence-corrected chi connectivity index (χ1v) is 14.1. The predicted molar refractivity (Wildman–Crippen MR) is 167 cm³/mol. The van der Waals surface area contributed by atoms with E-state index in [1.807, 2.05) is 32.9 Å². The molecule has 0 bridgehead atoms. The van der Waals surface area contributed by atoms with Gasteiger partial charge in [0.2, 0.25) is 0 Å². The Morgan fingerprint density at radius 3 is 2.67 bits per heavy atom. The Hall–Kier alpha value is -4.83. The fourth-order valence-corrected chi connectivity index (χ4v) is 4.44. The highest BCUT2D eigenvalue weighted by atomic mass is 35.5. The Bertz CT molecular complexity index is 1610. The molecule has 0 aliphatic carbocycles. The molecule has 3 heterocycles. The van der Waals surface area contributed by atoms with Gasteiger partial charge in [-0.2, -0.15) is 5.10 Å². The number of nitrogens with one attached hydrogen (secondary N) is 1. The summed E-state index contributed by atoms with van der Waals surface area (Å²) in [5.74, 6) is 2.07. The average Bonchev–Trinajstić information content (AvgIpc) is 3.31. The zero-order valence-electron chi connectivity index (χ0n) is 24.7. The summed E-state index contributed by atoms with van der Waals surface area (Å²) in [4.78, 5) is 22.1. The average molecular weight is 604 g/mol. The predicted octanol–water partition coefficient (Wildman–Crippen LogP) is 6.08.